The molecule has 0 aliphatic carbocycles. The van der Waals surface area contributed by atoms with Crippen molar-refractivity contribution in [1.29, 1.82) is 0 Å². The standard InChI is InChI=1S/C20H27N3O3/c1-5-26-18-10-9-17(12-19(18)25-4)23-20(21-2)22-13-15-7-6-8-16(11-15)14-24-3/h6-12H,5,13-14H2,1-4H3,(H2,21,22,23). The van der Waals surface area contributed by atoms with Gasteiger partial charge in [0.1, 0.15) is 0 Å². The Morgan fingerprint density at radius 1 is 1.04 bits per heavy atom. The van der Waals surface area contributed by atoms with E-state index in [1.807, 2.05) is 37.3 Å². The summed E-state index contributed by atoms with van der Waals surface area (Å²) in [4.78, 5) is 4.27. The van der Waals surface area contributed by atoms with E-state index in [1.165, 1.54) is 0 Å². The normalized spacial score (nSPS) is 11.2. The smallest absolute Gasteiger partial charge is 0.195 e. The van der Waals surface area contributed by atoms with Crippen LogP contribution in [0.25, 0.3) is 0 Å². The fourth-order valence-electron chi connectivity index (χ4n) is 2.52. The summed E-state index contributed by atoms with van der Waals surface area (Å²) in [5, 5.41) is 6.57. The molecule has 0 bridgehead atoms. The van der Waals surface area contributed by atoms with Crippen LogP contribution in [0.2, 0.25) is 0 Å². The second-order valence-corrected chi connectivity index (χ2v) is 5.60. The summed E-state index contributed by atoms with van der Waals surface area (Å²) in [6, 6.07) is 14.0. The van der Waals surface area contributed by atoms with Crippen molar-refractivity contribution in [2.24, 2.45) is 4.99 Å². The number of benzene rings is 2. The zero-order valence-electron chi connectivity index (χ0n) is 15.8. The molecule has 26 heavy (non-hydrogen) atoms. The van der Waals surface area contributed by atoms with E-state index in [0.717, 1.165) is 22.6 Å². The van der Waals surface area contributed by atoms with Gasteiger partial charge in [0.2, 0.25) is 0 Å². The van der Waals surface area contributed by atoms with E-state index in [9.17, 15) is 0 Å². The van der Waals surface area contributed by atoms with Crippen molar-refractivity contribution in [2.75, 3.05) is 33.2 Å². The minimum Gasteiger partial charge on any atom is -0.493 e. The van der Waals surface area contributed by atoms with Crippen molar-refractivity contribution in [2.45, 2.75) is 20.1 Å². The van der Waals surface area contributed by atoms with Gasteiger partial charge in [-0.2, -0.15) is 0 Å². The van der Waals surface area contributed by atoms with Crippen LogP contribution < -0.4 is 20.1 Å². The Kier molecular flexibility index (Phi) is 7.76. The quantitative estimate of drug-likeness (QED) is 0.560. The molecule has 0 aromatic heterocycles. The molecule has 140 valence electrons. The Morgan fingerprint density at radius 2 is 1.85 bits per heavy atom. The van der Waals surface area contributed by atoms with Crippen LogP contribution in [0, 0.1) is 0 Å². The van der Waals surface area contributed by atoms with Crippen LogP contribution in [0.1, 0.15) is 18.1 Å². The van der Waals surface area contributed by atoms with Gasteiger partial charge in [-0.3, -0.25) is 4.99 Å². The topological polar surface area (TPSA) is 64.1 Å². The lowest BCUT2D eigenvalue weighted by atomic mass is 10.1. The van der Waals surface area contributed by atoms with Gasteiger partial charge >= 0.3 is 0 Å². The highest BCUT2D eigenvalue weighted by Gasteiger charge is 2.07. The molecule has 0 saturated carbocycles. The third-order valence-corrected chi connectivity index (χ3v) is 3.71. The number of hydrogen-bond acceptors (Lipinski definition) is 4. The molecule has 0 spiro atoms. The average molecular weight is 357 g/mol. The first kappa shape index (κ1) is 19.6. The minimum atomic E-state index is 0.592. The SMILES string of the molecule is CCOc1ccc(NC(=NC)NCc2cccc(COC)c2)cc1OC. The van der Waals surface area contributed by atoms with Gasteiger partial charge in [-0.05, 0) is 30.2 Å². The highest BCUT2D eigenvalue weighted by Crippen LogP contribution is 2.30. The molecule has 6 nitrogen and oxygen atoms in total. The number of methoxy groups -OCH3 is 2. The molecule has 0 atom stereocenters. The predicted molar refractivity (Wildman–Crippen MR) is 105 cm³/mol. The molecule has 0 amide bonds. The minimum absolute atomic E-state index is 0.592. The molecule has 6 heteroatoms. The van der Waals surface area contributed by atoms with Gasteiger partial charge in [-0.25, -0.2) is 0 Å². The van der Waals surface area contributed by atoms with Gasteiger partial charge in [0, 0.05) is 32.5 Å². The van der Waals surface area contributed by atoms with E-state index in [-0.39, 0.29) is 0 Å². The largest absolute Gasteiger partial charge is 0.493 e. The van der Waals surface area contributed by atoms with Crippen LogP contribution >= 0.6 is 0 Å². The van der Waals surface area contributed by atoms with Crippen LogP contribution in [-0.4, -0.2) is 33.8 Å². The number of guanidine groups is 1. The molecule has 0 aliphatic rings. The summed E-state index contributed by atoms with van der Waals surface area (Å²) in [6.45, 7) is 3.80. The molecule has 0 saturated heterocycles. The van der Waals surface area contributed by atoms with E-state index in [4.69, 9.17) is 14.2 Å². The van der Waals surface area contributed by atoms with Gasteiger partial charge in [0.05, 0.1) is 20.3 Å². The fourth-order valence-corrected chi connectivity index (χ4v) is 2.52. The maximum atomic E-state index is 5.54. The third-order valence-electron chi connectivity index (χ3n) is 3.71. The molecule has 0 aliphatic heterocycles. The van der Waals surface area contributed by atoms with Crippen molar-refractivity contribution >= 4 is 11.6 Å². The molecule has 0 heterocycles. The summed E-state index contributed by atoms with van der Waals surface area (Å²) >= 11 is 0. The van der Waals surface area contributed by atoms with Crippen LogP contribution in [-0.2, 0) is 17.9 Å². The molecule has 2 aromatic carbocycles. The highest BCUT2D eigenvalue weighted by atomic mass is 16.5. The van der Waals surface area contributed by atoms with Crippen molar-refractivity contribution in [3.05, 3.63) is 53.6 Å². The Bertz CT molecular complexity index is 732. The monoisotopic (exact) mass is 357 g/mol. The molecular formula is C20H27N3O3. The molecule has 2 N–H and O–H groups in total. The first-order chi connectivity index (χ1) is 12.7. The summed E-state index contributed by atoms with van der Waals surface area (Å²) in [6.07, 6.45) is 0. The predicted octanol–water partition coefficient (Wildman–Crippen LogP) is 3.43. The highest BCUT2D eigenvalue weighted by molar-refractivity contribution is 5.93. The molecular weight excluding hydrogens is 330 g/mol. The number of nitrogens with zero attached hydrogens (tertiary/aromatic N) is 1. The van der Waals surface area contributed by atoms with Crippen LogP contribution in [0.5, 0.6) is 11.5 Å². The van der Waals surface area contributed by atoms with Crippen molar-refractivity contribution < 1.29 is 14.2 Å². The Morgan fingerprint density at radius 3 is 2.54 bits per heavy atom. The summed E-state index contributed by atoms with van der Waals surface area (Å²) in [5.74, 6) is 2.08. The maximum absolute atomic E-state index is 5.54. The van der Waals surface area contributed by atoms with Crippen LogP contribution in [0.15, 0.2) is 47.5 Å². The summed E-state index contributed by atoms with van der Waals surface area (Å²) < 4.78 is 16.1. The second-order valence-electron chi connectivity index (χ2n) is 5.60. The van der Waals surface area contributed by atoms with E-state index in [2.05, 4.69) is 27.8 Å². The lowest BCUT2D eigenvalue weighted by Gasteiger charge is -2.15. The maximum Gasteiger partial charge on any atom is 0.195 e. The van der Waals surface area contributed by atoms with Gasteiger partial charge in [0.15, 0.2) is 17.5 Å². The van der Waals surface area contributed by atoms with Gasteiger partial charge < -0.3 is 24.8 Å². The van der Waals surface area contributed by atoms with Gasteiger partial charge in [0.25, 0.3) is 0 Å². The number of ether oxygens (including phenoxy) is 3. The third kappa shape index (κ3) is 5.67. The Balaban J connectivity index is 2.00. The van der Waals surface area contributed by atoms with Crippen molar-refractivity contribution in [3.8, 4) is 11.5 Å². The van der Waals surface area contributed by atoms with E-state index in [1.54, 1.807) is 21.3 Å². The lowest BCUT2D eigenvalue weighted by Crippen LogP contribution is -2.30. The first-order valence-electron chi connectivity index (χ1n) is 8.55. The summed E-state index contributed by atoms with van der Waals surface area (Å²) in [5.41, 5.74) is 3.17. The molecule has 0 fully saturated rings. The van der Waals surface area contributed by atoms with Gasteiger partial charge in [-0.1, -0.05) is 24.3 Å². The van der Waals surface area contributed by atoms with Crippen LogP contribution in [0.3, 0.4) is 0 Å². The number of rotatable bonds is 8. The fraction of sp³-hybridized carbons (Fsp3) is 0.350. The zero-order chi connectivity index (χ0) is 18.8. The van der Waals surface area contributed by atoms with Gasteiger partial charge in [-0.15, -0.1) is 0 Å². The Labute approximate surface area is 155 Å². The first-order valence-corrected chi connectivity index (χ1v) is 8.55. The van der Waals surface area contributed by atoms with E-state index < -0.39 is 0 Å². The molecule has 2 rings (SSSR count). The number of anilines is 1. The number of nitrogens with one attached hydrogen (secondary N) is 2. The van der Waals surface area contributed by atoms with Crippen molar-refractivity contribution in [3.63, 3.8) is 0 Å². The van der Waals surface area contributed by atoms with Crippen LogP contribution in [0.4, 0.5) is 5.69 Å². The van der Waals surface area contributed by atoms with E-state index in [0.29, 0.717) is 31.5 Å². The zero-order valence-corrected chi connectivity index (χ0v) is 15.8. The number of aliphatic imine (C=N–C) groups is 1. The lowest BCUT2D eigenvalue weighted by molar-refractivity contribution is 0.185. The molecule has 0 unspecified atom stereocenters. The Hall–Kier alpha value is -2.73. The number of hydrogen-bond donors (Lipinski definition) is 2. The molecule has 2 aromatic rings. The average Bonchev–Trinajstić information content (AvgIpc) is 2.67. The summed E-state index contributed by atoms with van der Waals surface area (Å²) in [7, 11) is 5.06. The van der Waals surface area contributed by atoms with E-state index >= 15 is 0 Å². The van der Waals surface area contributed by atoms with Crippen molar-refractivity contribution in [1.82, 2.24) is 5.32 Å². The molecule has 0 radical (unpaired) electrons. The second kappa shape index (κ2) is 10.3.